The molecule has 0 spiro atoms. The van der Waals surface area contributed by atoms with Crippen molar-refractivity contribution < 1.29 is 4.74 Å². The number of methoxy groups -OCH3 is 1. The zero-order chi connectivity index (χ0) is 11.4. The second-order valence-electron chi connectivity index (χ2n) is 2.97. The molecule has 0 bridgehead atoms. The molecular formula is C8H11N7O. The minimum Gasteiger partial charge on any atom is -0.481 e. The number of H-pyrrole nitrogens is 1. The standard InChI is InChI=1S/C8H11N7O/c1-16-7-3-2-5(9)8(11-7)10-4-6-12-14-15-13-6/h2-3H,4,9H2,1H3,(H,10,11)(H,12,13,14,15). The molecule has 2 aromatic rings. The van der Waals surface area contributed by atoms with Gasteiger partial charge in [0.15, 0.2) is 11.6 Å². The first kappa shape index (κ1) is 10.1. The van der Waals surface area contributed by atoms with E-state index in [1.165, 1.54) is 0 Å². The van der Waals surface area contributed by atoms with E-state index in [-0.39, 0.29) is 0 Å². The van der Waals surface area contributed by atoms with Crippen LogP contribution >= 0.6 is 0 Å². The summed E-state index contributed by atoms with van der Waals surface area (Å²) in [5.74, 6) is 1.55. The number of hydrogen-bond donors (Lipinski definition) is 3. The van der Waals surface area contributed by atoms with E-state index in [0.717, 1.165) is 0 Å². The van der Waals surface area contributed by atoms with Gasteiger partial charge >= 0.3 is 0 Å². The molecule has 84 valence electrons. The third-order valence-electron chi connectivity index (χ3n) is 1.91. The Labute approximate surface area is 91.2 Å². The number of nitrogens with one attached hydrogen (secondary N) is 2. The Morgan fingerprint density at radius 3 is 3.06 bits per heavy atom. The number of aromatic amines is 1. The van der Waals surface area contributed by atoms with Gasteiger partial charge in [0.25, 0.3) is 0 Å². The molecule has 0 aliphatic carbocycles. The number of hydrogen-bond acceptors (Lipinski definition) is 7. The van der Waals surface area contributed by atoms with Crippen molar-refractivity contribution in [3.05, 3.63) is 18.0 Å². The lowest BCUT2D eigenvalue weighted by Crippen LogP contribution is -2.06. The summed E-state index contributed by atoms with van der Waals surface area (Å²) in [4.78, 5) is 4.15. The van der Waals surface area contributed by atoms with E-state index in [1.807, 2.05) is 0 Å². The SMILES string of the molecule is COc1ccc(N)c(NCc2nn[nH]n2)n1. The first-order valence-electron chi connectivity index (χ1n) is 4.56. The molecule has 0 aromatic carbocycles. The Bertz CT molecular complexity index is 455. The lowest BCUT2D eigenvalue weighted by molar-refractivity contribution is 0.398. The van der Waals surface area contributed by atoms with Crippen molar-refractivity contribution in [2.45, 2.75) is 6.54 Å². The molecule has 2 heterocycles. The van der Waals surface area contributed by atoms with E-state index in [4.69, 9.17) is 10.5 Å². The molecular weight excluding hydrogens is 210 g/mol. The largest absolute Gasteiger partial charge is 0.481 e. The Balaban J connectivity index is 2.08. The third kappa shape index (κ3) is 2.16. The molecule has 16 heavy (non-hydrogen) atoms. The summed E-state index contributed by atoms with van der Waals surface area (Å²) >= 11 is 0. The molecule has 4 N–H and O–H groups in total. The van der Waals surface area contributed by atoms with E-state index in [0.29, 0.717) is 29.8 Å². The summed E-state index contributed by atoms with van der Waals surface area (Å²) < 4.78 is 4.99. The van der Waals surface area contributed by atoms with Crippen molar-refractivity contribution in [3.63, 3.8) is 0 Å². The highest BCUT2D eigenvalue weighted by Gasteiger charge is 2.04. The van der Waals surface area contributed by atoms with Gasteiger partial charge in [-0.05, 0) is 6.07 Å². The summed E-state index contributed by atoms with van der Waals surface area (Å²) in [6, 6.07) is 3.40. The zero-order valence-corrected chi connectivity index (χ0v) is 8.64. The highest BCUT2D eigenvalue weighted by molar-refractivity contribution is 5.61. The maximum Gasteiger partial charge on any atom is 0.215 e. The Hall–Kier alpha value is -2.38. The fraction of sp³-hybridized carbons (Fsp3) is 0.250. The second-order valence-corrected chi connectivity index (χ2v) is 2.97. The van der Waals surface area contributed by atoms with Gasteiger partial charge in [-0.2, -0.15) is 10.2 Å². The van der Waals surface area contributed by atoms with Crippen molar-refractivity contribution in [2.75, 3.05) is 18.2 Å². The van der Waals surface area contributed by atoms with Crippen molar-refractivity contribution in [3.8, 4) is 5.88 Å². The van der Waals surface area contributed by atoms with Crippen LogP contribution in [0.15, 0.2) is 12.1 Å². The molecule has 0 aliphatic heterocycles. The summed E-state index contributed by atoms with van der Waals surface area (Å²) in [6.45, 7) is 0.390. The maximum absolute atomic E-state index is 5.74. The first-order chi connectivity index (χ1) is 7.79. The molecule has 2 rings (SSSR count). The van der Waals surface area contributed by atoms with Crippen LogP contribution in [0.1, 0.15) is 5.82 Å². The zero-order valence-electron chi connectivity index (χ0n) is 8.64. The predicted molar refractivity (Wildman–Crippen MR) is 56.7 cm³/mol. The number of pyridine rings is 1. The predicted octanol–water partition coefficient (Wildman–Crippen LogP) is -0.202. The van der Waals surface area contributed by atoms with E-state index in [9.17, 15) is 0 Å². The number of ether oxygens (including phenoxy) is 1. The topological polar surface area (TPSA) is 115 Å². The van der Waals surface area contributed by atoms with Crippen LogP contribution in [0.4, 0.5) is 11.5 Å². The monoisotopic (exact) mass is 221 g/mol. The molecule has 8 heteroatoms. The van der Waals surface area contributed by atoms with Crippen molar-refractivity contribution >= 4 is 11.5 Å². The van der Waals surface area contributed by atoms with Gasteiger partial charge in [-0.15, -0.1) is 10.2 Å². The molecule has 2 aromatic heterocycles. The number of rotatable bonds is 4. The van der Waals surface area contributed by atoms with Gasteiger partial charge in [-0.1, -0.05) is 5.21 Å². The highest BCUT2D eigenvalue weighted by Crippen LogP contribution is 2.19. The van der Waals surface area contributed by atoms with Crippen LogP contribution in [-0.2, 0) is 6.54 Å². The van der Waals surface area contributed by atoms with Crippen LogP contribution in [0, 0.1) is 0 Å². The Morgan fingerprint density at radius 2 is 2.38 bits per heavy atom. The van der Waals surface area contributed by atoms with Crippen molar-refractivity contribution in [1.29, 1.82) is 0 Å². The third-order valence-corrected chi connectivity index (χ3v) is 1.91. The number of nitrogens with two attached hydrogens (primary N) is 1. The quantitative estimate of drug-likeness (QED) is 0.654. The maximum atomic E-state index is 5.74. The van der Waals surface area contributed by atoms with Gasteiger partial charge in [-0.25, -0.2) is 0 Å². The van der Waals surface area contributed by atoms with Gasteiger partial charge < -0.3 is 15.8 Å². The Kier molecular flexibility index (Phi) is 2.81. The lowest BCUT2D eigenvalue weighted by atomic mass is 10.4. The number of anilines is 2. The summed E-state index contributed by atoms with van der Waals surface area (Å²) in [6.07, 6.45) is 0. The molecule has 0 atom stereocenters. The molecule has 0 saturated carbocycles. The van der Waals surface area contributed by atoms with E-state index in [1.54, 1.807) is 19.2 Å². The van der Waals surface area contributed by atoms with Gasteiger partial charge in [0.05, 0.1) is 19.3 Å². The van der Waals surface area contributed by atoms with Crippen LogP contribution < -0.4 is 15.8 Å². The Morgan fingerprint density at radius 1 is 1.50 bits per heavy atom. The average molecular weight is 221 g/mol. The van der Waals surface area contributed by atoms with Gasteiger partial charge in [0.2, 0.25) is 5.88 Å². The van der Waals surface area contributed by atoms with Crippen molar-refractivity contribution in [1.82, 2.24) is 25.6 Å². The lowest BCUT2D eigenvalue weighted by Gasteiger charge is -2.07. The minimum absolute atomic E-state index is 0.390. The fourth-order valence-electron chi connectivity index (χ4n) is 1.13. The number of tetrazole rings is 1. The molecule has 0 aliphatic rings. The van der Waals surface area contributed by atoms with Crippen LogP contribution in [0.2, 0.25) is 0 Å². The average Bonchev–Trinajstić information content (AvgIpc) is 2.81. The molecule has 0 radical (unpaired) electrons. The summed E-state index contributed by atoms with van der Waals surface area (Å²) in [5.41, 5.74) is 6.27. The molecule has 0 saturated heterocycles. The van der Waals surface area contributed by atoms with Gasteiger partial charge in [0, 0.05) is 6.07 Å². The van der Waals surface area contributed by atoms with E-state index in [2.05, 4.69) is 30.9 Å². The molecule has 0 fully saturated rings. The van der Waals surface area contributed by atoms with Crippen LogP contribution in [0.25, 0.3) is 0 Å². The molecule has 0 unspecified atom stereocenters. The highest BCUT2D eigenvalue weighted by atomic mass is 16.5. The minimum atomic E-state index is 0.390. The number of nitrogen functional groups attached to an aromatic ring is 1. The van der Waals surface area contributed by atoms with Crippen LogP contribution in [0.5, 0.6) is 5.88 Å². The molecule has 8 nitrogen and oxygen atoms in total. The number of nitrogens with zero attached hydrogens (tertiary/aromatic N) is 4. The normalized spacial score (nSPS) is 10.1. The van der Waals surface area contributed by atoms with Gasteiger partial charge in [-0.3, -0.25) is 0 Å². The summed E-state index contributed by atoms with van der Waals surface area (Å²) in [5, 5.41) is 16.4. The first-order valence-corrected chi connectivity index (χ1v) is 4.56. The van der Waals surface area contributed by atoms with E-state index < -0.39 is 0 Å². The van der Waals surface area contributed by atoms with Crippen molar-refractivity contribution in [2.24, 2.45) is 0 Å². The van der Waals surface area contributed by atoms with Crippen LogP contribution in [-0.4, -0.2) is 32.7 Å². The van der Waals surface area contributed by atoms with E-state index >= 15 is 0 Å². The number of aromatic nitrogens is 5. The molecule has 0 amide bonds. The summed E-state index contributed by atoms with van der Waals surface area (Å²) in [7, 11) is 1.54. The van der Waals surface area contributed by atoms with Gasteiger partial charge in [0.1, 0.15) is 0 Å². The fourth-order valence-corrected chi connectivity index (χ4v) is 1.13. The second kappa shape index (κ2) is 4.43. The van der Waals surface area contributed by atoms with Crippen LogP contribution in [0.3, 0.4) is 0 Å². The smallest absolute Gasteiger partial charge is 0.215 e.